The maximum absolute atomic E-state index is 14.4. The van der Waals surface area contributed by atoms with Gasteiger partial charge in [-0.1, -0.05) is 31.0 Å². The van der Waals surface area contributed by atoms with Crippen LogP contribution in [0.4, 0.5) is 0 Å². The molecule has 0 radical (unpaired) electrons. The third-order valence-electron chi connectivity index (χ3n) is 13.4. The van der Waals surface area contributed by atoms with Crippen molar-refractivity contribution in [1.82, 2.24) is 51.6 Å². The first kappa shape index (κ1) is 57.2. The Morgan fingerprint density at radius 1 is 0.750 bits per heavy atom. The van der Waals surface area contributed by atoms with Crippen LogP contribution in [0.25, 0.3) is 10.9 Å². The van der Waals surface area contributed by atoms with E-state index in [0.29, 0.717) is 50.6 Å². The Kier molecular flexibility index (Phi) is 22.2. The van der Waals surface area contributed by atoms with Crippen molar-refractivity contribution < 1.29 is 53.1 Å². The molecular weight excluding hydrogens is 971 g/mol. The summed E-state index contributed by atoms with van der Waals surface area (Å²) in [5.74, 6) is -7.56. The Morgan fingerprint density at radius 3 is 2.10 bits per heavy atom. The fraction of sp³-hybridized carbons (Fsp3) is 0.625. The summed E-state index contributed by atoms with van der Waals surface area (Å²) in [5.41, 5.74) is 7.16. The first-order valence-corrected chi connectivity index (χ1v) is 26.0. The van der Waals surface area contributed by atoms with Gasteiger partial charge in [-0.05, 0) is 90.1 Å². The van der Waals surface area contributed by atoms with Gasteiger partial charge in [0, 0.05) is 54.5 Å². The zero-order chi connectivity index (χ0) is 52.5. The molecule has 72 heavy (non-hydrogen) atoms. The minimum Gasteiger partial charge on any atom is -0.387 e. The second kappa shape index (κ2) is 27.9. The number of nitrogens with two attached hydrogens (primary N) is 1. The number of amides is 9. The maximum Gasteiger partial charge on any atom is 0.248 e. The molecule has 1 aromatic carbocycles. The van der Waals surface area contributed by atoms with Crippen molar-refractivity contribution in [3.63, 3.8) is 0 Å². The lowest BCUT2D eigenvalue weighted by atomic mass is 10.0. The summed E-state index contributed by atoms with van der Waals surface area (Å²) in [6.07, 6.45) is 4.50. The quantitative estimate of drug-likeness (QED) is 0.0769. The molecule has 1 aromatic heterocycles. The molecule has 0 aliphatic carbocycles. The number of ketones is 1. The summed E-state index contributed by atoms with van der Waals surface area (Å²) >= 11 is 8.72. The van der Waals surface area contributed by atoms with Crippen LogP contribution in [0, 0.1) is 0 Å². The van der Waals surface area contributed by atoms with Gasteiger partial charge in [0.15, 0.2) is 5.78 Å². The number of benzene rings is 1. The molecule has 0 unspecified atom stereocenters. The molecule has 0 saturated carbocycles. The number of unbranched alkanes of at least 4 members (excludes halogenated alkanes) is 1. The van der Waals surface area contributed by atoms with Crippen molar-refractivity contribution in [1.29, 1.82) is 0 Å². The molecule has 5 rings (SSSR count). The molecule has 3 aliphatic heterocycles. The Hall–Kier alpha value is -5.72. The average molecular weight is 1040 g/mol. The predicted octanol–water partition coefficient (Wildman–Crippen LogP) is -1.41. The van der Waals surface area contributed by atoms with Crippen LogP contribution in [0.3, 0.4) is 0 Å². The third-order valence-corrected chi connectivity index (χ3v) is 14.1. The highest BCUT2D eigenvalue weighted by atomic mass is 32.1. The molecule has 24 heteroatoms. The molecule has 8 atom stereocenters. The number of hydrogen-bond acceptors (Lipinski definition) is 14. The number of Topliss-reactive ketones (excluding diaryl/α,β-unsaturated/α-hetero) is 1. The fourth-order valence-electron chi connectivity index (χ4n) is 9.42. The van der Waals surface area contributed by atoms with Gasteiger partial charge >= 0.3 is 0 Å². The zero-order valence-electron chi connectivity index (χ0n) is 41.0. The topological polar surface area (TPSA) is 315 Å². The molecule has 3 saturated heterocycles. The van der Waals surface area contributed by atoms with Crippen LogP contribution in [0.15, 0.2) is 30.5 Å². The number of H-pyrrole nitrogens is 1. The van der Waals surface area contributed by atoms with Crippen LogP contribution in [-0.2, 0) is 54.4 Å². The number of likely N-dealkylation sites (tertiary alicyclic amines) is 2. The number of carbonyl (C=O) groups excluding carboxylic acids is 10. The van der Waals surface area contributed by atoms with Crippen molar-refractivity contribution in [3.05, 3.63) is 36.0 Å². The number of para-hydroxylation sites is 1. The Bertz CT molecular complexity index is 2280. The standard InChI is InChI=1S/C48H71N11O11S2/c1-57(2)19-9-8-15-31-43(65)54-33(22-28-24-50-30-13-7-6-12-29(28)30)45(67)56-35(26-71)39(61)18-5-3-4-14-32(53-47(69)38-17-11-20-58(38)41(63)25-60)44(66)55-34(23-40(62)51-36(27-72)46(68)52-31)48(70)59-21-10-16-37(59)42(49)64/h6-7,12-13,24,31-38,50,60,71-72H,3-5,8-11,14-23,25-27H2,1-2H3,(H2,49,64)(H,51,62)(H,52,68)(H,53,69)(H,54,65)(H,55,66)(H,56,67)/t31-,32-,33-,34-,35-,36-,37-,38-/m0/s1. The lowest BCUT2D eigenvalue weighted by Gasteiger charge is -2.30. The summed E-state index contributed by atoms with van der Waals surface area (Å²) in [5, 5.41) is 26.6. The Morgan fingerprint density at radius 2 is 1.40 bits per heavy atom. The molecule has 3 fully saturated rings. The molecule has 9 amide bonds. The number of aromatic nitrogens is 1. The van der Waals surface area contributed by atoms with Gasteiger partial charge in [-0.15, -0.1) is 0 Å². The van der Waals surface area contributed by atoms with Gasteiger partial charge in [-0.2, -0.15) is 25.3 Å². The monoisotopic (exact) mass is 1040 g/mol. The van der Waals surface area contributed by atoms with Gasteiger partial charge in [0.2, 0.25) is 53.2 Å². The van der Waals surface area contributed by atoms with E-state index in [9.17, 15) is 53.1 Å². The first-order chi connectivity index (χ1) is 34.4. The summed E-state index contributed by atoms with van der Waals surface area (Å²) < 4.78 is 0. The molecular formula is C48H71N11O11S2. The fourth-order valence-corrected chi connectivity index (χ4v) is 9.97. The number of nitrogens with one attached hydrogen (secondary N) is 7. The normalized spacial score (nSPS) is 25.9. The largest absolute Gasteiger partial charge is 0.387 e. The van der Waals surface area contributed by atoms with E-state index in [1.165, 1.54) is 9.80 Å². The lowest BCUT2D eigenvalue weighted by molar-refractivity contribution is -0.143. The smallest absolute Gasteiger partial charge is 0.248 e. The van der Waals surface area contributed by atoms with Crippen molar-refractivity contribution in [2.75, 3.05) is 51.8 Å². The van der Waals surface area contributed by atoms with Crippen molar-refractivity contribution in [3.8, 4) is 0 Å². The highest BCUT2D eigenvalue weighted by molar-refractivity contribution is 7.80. The number of fused-ring (bicyclic) bond motifs is 1. The van der Waals surface area contributed by atoms with Crippen LogP contribution in [-0.4, -0.2) is 184 Å². The second-order valence-corrected chi connectivity index (χ2v) is 19.6. The van der Waals surface area contributed by atoms with E-state index in [4.69, 9.17) is 5.73 Å². The number of rotatable bonds is 14. The third kappa shape index (κ3) is 15.9. The van der Waals surface area contributed by atoms with E-state index in [2.05, 4.69) is 62.1 Å². The van der Waals surface area contributed by atoms with Gasteiger partial charge < -0.3 is 62.4 Å². The predicted molar refractivity (Wildman–Crippen MR) is 272 cm³/mol. The number of aromatic amines is 1. The number of thiol groups is 2. The number of hydrogen-bond donors (Lipinski definition) is 11. The molecule has 22 nitrogen and oxygen atoms in total. The van der Waals surface area contributed by atoms with Crippen LogP contribution < -0.4 is 37.6 Å². The molecule has 10 N–H and O–H groups in total. The van der Waals surface area contributed by atoms with E-state index in [1.54, 1.807) is 6.20 Å². The van der Waals surface area contributed by atoms with Crippen LogP contribution in [0.2, 0.25) is 0 Å². The minimum absolute atomic E-state index is 0.00414. The van der Waals surface area contributed by atoms with E-state index >= 15 is 0 Å². The summed E-state index contributed by atoms with van der Waals surface area (Å²) in [7, 11) is 3.79. The second-order valence-electron chi connectivity index (χ2n) is 18.9. The number of aliphatic hydroxyl groups is 1. The van der Waals surface area contributed by atoms with Gasteiger partial charge in [-0.3, -0.25) is 47.9 Å². The molecule has 4 heterocycles. The summed E-state index contributed by atoms with van der Waals surface area (Å²) in [6.45, 7) is 0.146. The lowest BCUT2D eigenvalue weighted by Crippen LogP contribution is -2.60. The number of primary amides is 1. The number of nitrogens with zero attached hydrogens (tertiary/aromatic N) is 3. The molecule has 0 bridgehead atoms. The van der Waals surface area contributed by atoms with E-state index < -0.39 is 115 Å². The van der Waals surface area contributed by atoms with E-state index in [1.807, 2.05) is 43.3 Å². The maximum atomic E-state index is 14.4. The van der Waals surface area contributed by atoms with Crippen molar-refractivity contribution in [2.45, 2.75) is 138 Å². The highest BCUT2D eigenvalue weighted by Gasteiger charge is 2.41. The minimum atomic E-state index is -1.63. The van der Waals surface area contributed by atoms with E-state index in [0.717, 1.165) is 10.9 Å². The van der Waals surface area contributed by atoms with Gasteiger partial charge in [0.25, 0.3) is 0 Å². The highest BCUT2D eigenvalue weighted by Crippen LogP contribution is 2.22. The average Bonchev–Trinajstić information content (AvgIpc) is 4.15. The zero-order valence-corrected chi connectivity index (χ0v) is 42.8. The molecule has 3 aliphatic rings. The summed E-state index contributed by atoms with van der Waals surface area (Å²) in [6, 6.07) is -2.46. The van der Waals surface area contributed by atoms with E-state index in [-0.39, 0.29) is 75.3 Å². The SMILES string of the molecule is CN(C)CCCC[C@@H]1NC(=O)[C@H](CS)NC(=O)C[C@@H](C(=O)N2CCC[C@H]2C(N)=O)NC(=O)[C@@H](NC(=O)[C@@H]2CCCN2C(=O)CO)CCCCCC(=O)[C@H](CS)NC(=O)[C@H](Cc2c[nH]c3ccccc23)NC1=O. The van der Waals surface area contributed by atoms with Gasteiger partial charge in [-0.25, -0.2) is 0 Å². The van der Waals surface area contributed by atoms with Crippen LogP contribution in [0.1, 0.15) is 89.0 Å². The van der Waals surface area contributed by atoms with Crippen LogP contribution >= 0.6 is 25.3 Å². The summed E-state index contributed by atoms with van der Waals surface area (Å²) in [4.78, 5) is 145. The van der Waals surface area contributed by atoms with Gasteiger partial charge in [0.05, 0.1) is 12.5 Å². The number of aliphatic hydroxyl groups excluding tert-OH is 1. The Balaban J connectivity index is 1.48. The van der Waals surface area contributed by atoms with Gasteiger partial charge in [0.1, 0.15) is 48.9 Å². The van der Waals surface area contributed by atoms with Crippen molar-refractivity contribution >= 4 is 95.1 Å². The molecule has 0 spiro atoms. The van der Waals surface area contributed by atoms with Crippen molar-refractivity contribution in [2.24, 2.45) is 5.73 Å². The number of carbonyl (C=O) groups is 10. The molecule has 2 aromatic rings. The Labute approximate surface area is 430 Å². The molecule has 396 valence electrons. The van der Waals surface area contributed by atoms with Crippen LogP contribution in [0.5, 0.6) is 0 Å². The first-order valence-electron chi connectivity index (χ1n) is 24.7.